The van der Waals surface area contributed by atoms with Crippen molar-refractivity contribution in [2.75, 3.05) is 73.6 Å². The van der Waals surface area contributed by atoms with Crippen LogP contribution in [0.5, 0.6) is 0 Å². The van der Waals surface area contributed by atoms with Crippen molar-refractivity contribution >= 4 is 80.3 Å². The van der Waals surface area contributed by atoms with Gasteiger partial charge in [-0.25, -0.2) is 71.2 Å². The molecule has 30 heteroatoms. The maximum atomic E-state index is 15.0. The maximum Gasteiger partial charge on any atom is 0.356 e. The summed E-state index contributed by atoms with van der Waals surface area (Å²) < 4.78 is 49.2. The number of hydrogen-bond acceptors (Lipinski definition) is 20. The van der Waals surface area contributed by atoms with Gasteiger partial charge in [0.05, 0.1) is 51.2 Å². The van der Waals surface area contributed by atoms with E-state index in [0.717, 1.165) is 22.4 Å². The summed E-state index contributed by atoms with van der Waals surface area (Å²) in [5.41, 5.74) is 8.91. The van der Waals surface area contributed by atoms with Crippen LogP contribution in [-0.2, 0) is 20.8 Å². The molecule has 0 aliphatic carbocycles. The van der Waals surface area contributed by atoms with Crippen molar-refractivity contribution in [3.8, 4) is 50.8 Å². The lowest BCUT2D eigenvalue weighted by Crippen LogP contribution is -2.54. The predicted octanol–water partition coefficient (Wildman–Crippen LogP) is 13.9. The Morgan fingerprint density at radius 2 is 0.808 bits per heavy atom. The van der Waals surface area contributed by atoms with Crippen LogP contribution in [0.4, 0.5) is 30.6 Å². The average molecular weight is 1640 g/mol. The van der Waals surface area contributed by atoms with Gasteiger partial charge in [0.15, 0.2) is 45.1 Å². The maximum absolute atomic E-state index is 15.0. The number of para-hydroxylation sites is 1. The number of carbonyl (C=O) groups excluding carboxylic acids is 3. The molecule has 8 aromatic heterocycles. The van der Waals surface area contributed by atoms with Gasteiger partial charge in [0.1, 0.15) is 34.2 Å². The molecule has 0 unspecified atom stereocenters. The third-order valence-electron chi connectivity index (χ3n) is 21.8. The monoisotopic (exact) mass is 1640 g/mol. The third kappa shape index (κ3) is 16.5. The second-order valence-electron chi connectivity index (χ2n) is 30.8. The molecule has 0 N–H and O–H groups in total. The van der Waals surface area contributed by atoms with Gasteiger partial charge in [-0.3, -0.25) is 24.4 Å². The minimum atomic E-state index is -0.576. The number of pyridine rings is 2. The first kappa shape index (κ1) is 84.9. The number of carbonyl (C=O) groups is 3. The largest absolute Gasteiger partial charge is 0.356 e. The Labute approximate surface area is 697 Å². The normalized spacial score (nSPS) is 15.6. The van der Waals surface area contributed by atoms with E-state index in [-0.39, 0.29) is 86.8 Å². The van der Waals surface area contributed by atoms with Gasteiger partial charge in [0.2, 0.25) is 17.7 Å². The lowest BCUT2D eigenvalue weighted by molar-refractivity contribution is -0.127. The summed E-state index contributed by atoms with van der Waals surface area (Å²) in [7, 11) is 0. The van der Waals surface area contributed by atoms with Gasteiger partial charge in [-0.15, -0.1) is 0 Å². The molecular formula is C90H94ClF3N20O6. The van der Waals surface area contributed by atoms with Crippen LogP contribution in [-0.4, -0.2) is 178 Å². The lowest BCUT2D eigenvalue weighted by atomic mass is 10.0. The number of amides is 3. The van der Waals surface area contributed by atoms with Crippen molar-refractivity contribution in [3.63, 3.8) is 0 Å². The fourth-order valence-corrected chi connectivity index (χ4v) is 16.0. The second kappa shape index (κ2) is 35.6. The predicted molar refractivity (Wildman–Crippen MR) is 462 cm³/mol. The summed E-state index contributed by atoms with van der Waals surface area (Å²) in [6, 6.07) is 29.8. The third-order valence-corrected chi connectivity index (χ3v) is 22.1. The molecule has 11 heterocycles. The number of fused-ring (bicyclic) bond motifs is 3. The smallest absolute Gasteiger partial charge is 0.348 e. The Morgan fingerprint density at radius 3 is 1.21 bits per heavy atom. The van der Waals surface area contributed by atoms with Crippen molar-refractivity contribution in [1.82, 2.24) is 83.2 Å². The molecule has 3 aliphatic rings. The molecule has 3 amide bonds. The van der Waals surface area contributed by atoms with Crippen molar-refractivity contribution in [1.29, 1.82) is 0 Å². The molecule has 0 saturated carbocycles. The molecule has 3 fully saturated rings. The van der Waals surface area contributed by atoms with Gasteiger partial charge in [-0.2, -0.15) is 15.0 Å². The molecular weight excluding hydrogens is 1550 g/mol. The minimum Gasteiger partial charge on any atom is -0.348 e. The van der Waals surface area contributed by atoms with Crippen LogP contribution in [0.3, 0.4) is 0 Å². The summed E-state index contributed by atoms with van der Waals surface area (Å²) >= 11 is 6.64. The van der Waals surface area contributed by atoms with Crippen molar-refractivity contribution < 1.29 is 27.6 Å². The quantitative estimate of drug-likeness (QED) is 0.0813. The van der Waals surface area contributed by atoms with E-state index < -0.39 is 34.5 Å². The van der Waals surface area contributed by atoms with Gasteiger partial charge in [-0.1, -0.05) is 134 Å². The van der Waals surface area contributed by atoms with E-state index in [4.69, 9.17) is 36.5 Å². The van der Waals surface area contributed by atoms with Crippen LogP contribution in [0, 0.1) is 38.2 Å². The SMILES string of the molecule is C=CC(=O)N1CCN(c2nc(=O)n(-c3c(C)ccnc3C(C)C)c3nc(-c4ccccc4F)c(C)nc23)[C@@H](C)C1.C=CC(=O)N1CCN(c2nc(=O)n(-c3c(C)ccnc3C(C)C)c3nc(-c4ccccc4F)c(Cl)nc23)[C@@H](C)C1.C=CC(=O)N1CCN(c2nc(=O)n(-c3ccccc3C(C)C)c3nc(-c4ccccc4F)c(CC)nc23)[C@@H](C)C1. The molecule has 26 nitrogen and oxygen atoms in total. The molecule has 12 aromatic rings. The number of rotatable bonds is 16. The lowest BCUT2D eigenvalue weighted by Gasteiger charge is -2.40. The minimum absolute atomic E-state index is 0.0106. The Hall–Kier alpha value is -13.1. The molecule has 4 aromatic carbocycles. The first-order chi connectivity index (χ1) is 57.5. The van der Waals surface area contributed by atoms with Crippen LogP contribution >= 0.6 is 11.6 Å². The van der Waals surface area contributed by atoms with Crippen LogP contribution in [0.25, 0.3) is 84.3 Å². The number of aromatic nitrogens is 14. The molecule has 15 rings (SSSR count). The van der Waals surface area contributed by atoms with Crippen molar-refractivity contribution in [3.05, 3.63) is 253 Å². The Balaban J connectivity index is 0.000000156. The molecule has 3 saturated heterocycles. The van der Waals surface area contributed by atoms with Crippen LogP contribution < -0.4 is 31.8 Å². The summed E-state index contributed by atoms with van der Waals surface area (Å²) in [5, 5.41) is -0.0223. The summed E-state index contributed by atoms with van der Waals surface area (Å²) in [6.45, 7) is 40.2. The van der Waals surface area contributed by atoms with Crippen LogP contribution in [0.15, 0.2) is 174 Å². The van der Waals surface area contributed by atoms with E-state index in [1.165, 1.54) is 50.1 Å². The first-order valence-electron chi connectivity index (χ1n) is 39.9. The zero-order valence-corrected chi connectivity index (χ0v) is 70.1. The van der Waals surface area contributed by atoms with E-state index in [1.807, 2.05) is 120 Å². The van der Waals surface area contributed by atoms with Crippen LogP contribution in [0.2, 0.25) is 5.15 Å². The zero-order chi connectivity index (χ0) is 86.0. The standard InChI is InChI=1S/C31H33FN6O2.C30H32FN7O2.C29H29ClFN7O2/c1-6-24-27(22-13-8-10-14-23(22)32)34-30-28(33-24)29(37-17-16-36(18-20(37)5)26(39)7-2)35-31(40)38(30)25-15-11-9-12-21(25)19(3)4;1-7-23(39)36-14-15-37(19(5)16-36)28-26-29(34-25(20(6)33-26)21-10-8-9-11-22(21)31)38(30(40)35-28)27-18(4)12-13-32-24(27)17(2)3;1-6-21(39)36-13-14-37(18(5)15-36)27-24-28(34-23(26(30)33-24)19-9-7-8-10-20(19)31)38(29(40)35-27)25-17(4)11-12-32-22(25)16(2)3/h7-15,19-20H,2,6,16-18H2,1,3-5H3;7-13,17,19H,1,14-16H2,2-6H3;6-12,16,18H,1,13-15H2,2-5H3/t20-;19-;18-/m000/s1. The molecule has 0 radical (unpaired) electrons. The summed E-state index contributed by atoms with van der Waals surface area (Å²) in [6.07, 6.45) is 7.82. The number of piperazine rings is 3. The Bertz CT molecular complexity index is 6000. The number of hydrogen-bond donors (Lipinski definition) is 0. The fourth-order valence-electron chi connectivity index (χ4n) is 15.8. The van der Waals surface area contributed by atoms with Gasteiger partial charge < -0.3 is 29.4 Å². The summed E-state index contributed by atoms with van der Waals surface area (Å²) in [4.78, 5) is 141. The highest BCUT2D eigenvalue weighted by Crippen LogP contribution is 2.39. The second-order valence-corrected chi connectivity index (χ2v) is 31.2. The molecule has 120 heavy (non-hydrogen) atoms. The van der Waals surface area contributed by atoms with E-state index in [0.29, 0.717) is 156 Å². The number of aryl methyl sites for hydroxylation is 4. The summed E-state index contributed by atoms with van der Waals surface area (Å²) in [5.74, 6) is -0.563. The van der Waals surface area contributed by atoms with Gasteiger partial charge in [-0.05, 0) is 155 Å². The van der Waals surface area contributed by atoms with Gasteiger partial charge in [0.25, 0.3) is 0 Å². The number of halogens is 4. The van der Waals surface area contributed by atoms with Crippen molar-refractivity contribution in [2.45, 2.75) is 132 Å². The molecule has 0 spiro atoms. The van der Waals surface area contributed by atoms with Crippen molar-refractivity contribution in [2.24, 2.45) is 0 Å². The number of nitrogens with zero attached hydrogens (tertiary/aromatic N) is 20. The van der Waals surface area contributed by atoms with E-state index in [2.05, 4.69) is 63.5 Å². The average Bonchev–Trinajstić information content (AvgIpc) is 0.745. The first-order valence-corrected chi connectivity index (χ1v) is 40.3. The molecule has 0 bridgehead atoms. The van der Waals surface area contributed by atoms with Gasteiger partial charge >= 0.3 is 17.1 Å². The fraction of sp³-hybridized carbons (Fsp3) is 0.322. The van der Waals surface area contributed by atoms with Crippen LogP contribution in [0.1, 0.15) is 126 Å². The topological polar surface area (TPSA) is 278 Å². The Kier molecular flexibility index (Phi) is 25.2. The highest BCUT2D eigenvalue weighted by atomic mass is 35.5. The van der Waals surface area contributed by atoms with Gasteiger partial charge in [0, 0.05) is 106 Å². The molecule has 3 aliphatic heterocycles. The van der Waals surface area contributed by atoms with E-state index >= 15 is 4.39 Å². The molecule has 3 atom stereocenters. The Morgan fingerprint density at radius 1 is 0.450 bits per heavy atom. The number of benzene rings is 4. The zero-order valence-electron chi connectivity index (χ0n) is 69.3. The van der Waals surface area contributed by atoms with E-state index in [9.17, 15) is 37.5 Å². The number of anilines is 3. The highest BCUT2D eigenvalue weighted by Gasteiger charge is 2.36. The highest BCUT2D eigenvalue weighted by molar-refractivity contribution is 6.32. The molecule has 618 valence electrons. The van der Waals surface area contributed by atoms with E-state index in [1.54, 1.807) is 88.6 Å².